The number of alkyl halides is 3. The Kier molecular flexibility index (Phi) is 7.48. The molecule has 1 aromatic carbocycles. The van der Waals surface area contributed by atoms with E-state index in [1.54, 1.807) is 24.5 Å². The second kappa shape index (κ2) is 10.6. The van der Waals surface area contributed by atoms with Crippen LogP contribution in [0.5, 0.6) is 5.75 Å². The number of hydrogen-bond acceptors (Lipinski definition) is 5. The zero-order valence-electron chi connectivity index (χ0n) is 21.7. The van der Waals surface area contributed by atoms with Gasteiger partial charge in [-0.25, -0.2) is 9.78 Å². The first kappa shape index (κ1) is 27.4. The van der Waals surface area contributed by atoms with Crippen molar-refractivity contribution in [2.45, 2.75) is 32.0 Å². The molecule has 39 heavy (non-hydrogen) atoms. The molecule has 0 saturated carbocycles. The van der Waals surface area contributed by atoms with Gasteiger partial charge in [0.1, 0.15) is 17.3 Å². The molecule has 0 saturated heterocycles. The number of aromatic nitrogens is 3. The number of nitrogens with one attached hydrogen (secondary N) is 3. The summed E-state index contributed by atoms with van der Waals surface area (Å²) in [6, 6.07) is 5.60. The average molecular weight is 541 g/mol. The van der Waals surface area contributed by atoms with E-state index in [1.165, 1.54) is 20.4 Å². The standard InChI is InChI=1S/C27H27F3N6O3/c1-16-13-19(36-12-11-33-23(36)17-8-10-32-21(14-17)24(37)31-3)7-9-26(16,2)35-25(38)34-20-15-18(27(28,29)30)5-6-22(20)39-4/h5-8,10-15H,9H2,1-4H3,(H,31,37)(H2,34,35,38). The normalized spacial score (nSPS) is 17.1. The fraction of sp³-hybridized carbons (Fsp3) is 0.259. The molecule has 0 bridgehead atoms. The van der Waals surface area contributed by atoms with Gasteiger partial charge in [0.2, 0.25) is 0 Å². The van der Waals surface area contributed by atoms with Gasteiger partial charge in [-0.1, -0.05) is 6.08 Å². The fourth-order valence-corrected chi connectivity index (χ4v) is 4.16. The maximum Gasteiger partial charge on any atom is 0.416 e. The number of urea groups is 1. The third kappa shape index (κ3) is 5.79. The predicted molar refractivity (Wildman–Crippen MR) is 140 cm³/mol. The number of imidazole rings is 1. The van der Waals surface area contributed by atoms with E-state index >= 15 is 0 Å². The number of nitrogens with zero attached hydrogens (tertiary/aromatic N) is 3. The lowest BCUT2D eigenvalue weighted by Gasteiger charge is -2.34. The Morgan fingerprint density at radius 1 is 1.13 bits per heavy atom. The lowest BCUT2D eigenvalue weighted by Crippen LogP contribution is -2.49. The van der Waals surface area contributed by atoms with Crippen molar-refractivity contribution >= 4 is 23.3 Å². The van der Waals surface area contributed by atoms with Gasteiger partial charge < -0.3 is 25.3 Å². The quantitative estimate of drug-likeness (QED) is 0.403. The van der Waals surface area contributed by atoms with E-state index in [2.05, 4.69) is 25.9 Å². The number of ether oxygens (including phenoxy) is 1. The number of amides is 3. The molecule has 0 fully saturated rings. The number of anilines is 1. The molecule has 1 aliphatic rings. The number of benzene rings is 1. The van der Waals surface area contributed by atoms with E-state index in [0.717, 1.165) is 29.5 Å². The van der Waals surface area contributed by atoms with Crippen LogP contribution in [0.4, 0.5) is 23.7 Å². The average Bonchev–Trinajstić information content (AvgIpc) is 3.39. The van der Waals surface area contributed by atoms with Crippen LogP contribution in [0.15, 0.2) is 66.6 Å². The molecule has 2 heterocycles. The molecule has 2 aromatic heterocycles. The van der Waals surface area contributed by atoms with Crippen LogP contribution in [-0.2, 0) is 6.18 Å². The first-order valence-electron chi connectivity index (χ1n) is 11.9. The molecule has 3 aromatic rings. The monoisotopic (exact) mass is 540 g/mol. The molecular weight excluding hydrogens is 513 g/mol. The first-order chi connectivity index (χ1) is 18.4. The number of pyridine rings is 1. The van der Waals surface area contributed by atoms with Gasteiger partial charge in [-0.2, -0.15) is 13.2 Å². The van der Waals surface area contributed by atoms with Gasteiger partial charge in [0.15, 0.2) is 0 Å². The Labute approximate surface area is 222 Å². The molecule has 9 nitrogen and oxygen atoms in total. The highest BCUT2D eigenvalue weighted by molar-refractivity contribution is 5.93. The molecule has 0 aliphatic heterocycles. The molecule has 1 atom stereocenters. The molecule has 204 valence electrons. The maximum atomic E-state index is 13.2. The Morgan fingerprint density at radius 3 is 2.56 bits per heavy atom. The van der Waals surface area contributed by atoms with Crippen LogP contribution in [0, 0.1) is 0 Å². The summed E-state index contributed by atoms with van der Waals surface area (Å²) in [4.78, 5) is 33.4. The van der Waals surface area contributed by atoms with Crippen molar-refractivity contribution in [3.8, 4) is 17.1 Å². The number of allylic oxidation sites excluding steroid dienone is 2. The van der Waals surface area contributed by atoms with Crippen molar-refractivity contribution < 1.29 is 27.5 Å². The lowest BCUT2D eigenvalue weighted by molar-refractivity contribution is -0.137. The van der Waals surface area contributed by atoms with Crippen LogP contribution < -0.4 is 20.7 Å². The highest BCUT2D eigenvalue weighted by Gasteiger charge is 2.33. The van der Waals surface area contributed by atoms with Gasteiger partial charge in [0.05, 0.1) is 23.9 Å². The van der Waals surface area contributed by atoms with Crippen LogP contribution >= 0.6 is 0 Å². The molecule has 1 unspecified atom stereocenters. The van der Waals surface area contributed by atoms with E-state index in [9.17, 15) is 22.8 Å². The van der Waals surface area contributed by atoms with E-state index in [0.29, 0.717) is 17.8 Å². The van der Waals surface area contributed by atoms with Crippen LogP contribution in [0.2, 0.25) is 0 Å². The summed E-state index contributed by atoms with van der Waals surface area (Å²) in [5.74, 6) is 0.388. The molecule has 4 rings (SSSR count). The molecule has 3 N–H and O–H groups in total. The zero-order chi connectivity index (χ0) is 28.4. The fourth-order valence-electron chi connectivity index (χ4n) is 4.16. The number of carbonyl (C=O) groups is 2. The number of carbonyl (C=O) groups excluding carboxylic acids is 2. The van der Waals surface area contributed by atoms with Crippen LogP contribution in [-0.4, -0.2) is 46.2 Å². The van der Waals surface area contributed by atoms with Crippen molar-refractivity contribution in [2.75, 3.05) is 19.5 Å². The van der Waals surface area contributed by atoms with Crippen LogP contribution in [0.1, 0.15) is 36.3 Å². The van der Waals surface area contributed by atoms with Crippen molar-refractivity contribution in [1.82, 2.24) is 25.2 Å². The van der Waals surface area contributed by atoms with Gasteiger partial charge in [-0.05, 0) is 62.2 Å². The van der Waals surface area contributed by atoms with Crippen molar-refractivity contribution in [3.05, 3.63) is 77.9 Å². The highest BCUT2D eigenvalue weighted by atomic mass is 19.4. The summed E-state index contributed by atoms with van der Waals surface area (Å²) in [6.45, 7) is 3.67. The van der Waals surface area contributed by atoms with E-state index in [1.807, 2.05) is 30.6 Å². The largest absolute Gasteiger partial charge is 0.495 e. The summed E-state index contributed by atoms with van der Waals surface area (Å²) < 4.78 is 46.5. The van der Waals surface area contributed by atoms with Gasteiger partial charge in [-0.3, -0.25) is 9.78 Å². The van der Waals surface area contributed by atoms with Crippen molar-refractivity contribution in [1.29, 1.82) is 0 Å². The Morgan fingerprint density at radius 2 is 1.90 bits per heavy atom. The second-order valence-electron chi connectivity index (χ2n) is 9.11. The highest BCUT2D eigenvalue weighted by Crippen LogP contribution is 2.36. The molecule has 3 amide bonds. The molecule has 0 spiro atoms. The summed E-state index contributed by atoms with van der Waals surface area (Å²) in [6.07, 6.45) is 4.60. The summed E-state index contributed by atoms with van der Waals surface area (Å²) in [5, 5.41) is 7.89. The minimum Gasteiger partial charge on any atom is -0.495 e. The smallest absolute Gasteiger partial charge is 0.416 e. The van der Waals surface area contributed by atoms with Crippen LogP contribution in [0.25, 0.3) is 17.1 Å². The van der Waals surface area contributed by atoms with Gasteiger partial charge >= 0.3 is 12.2 Å². The third-order valence-corrected chi connectivity index (χ3v) is 6.52. The SMILES string of the molecule is CNC(=O)c1cc(-c2nccn2C2=CCC(C)(NC(=O)Nc3cc(C(F)(F)F)ccc3OC)C(C)=C2)ccn1. The summed E-state index contributed by atoms with van der Waals surface area (Å²) >= 11 is 0. The maximum absolute atomic E-state index is 13.2. The molecule has 1 aliphatic carbocycles. The van der Waals surface area contributed by atoms with Crippen molar-refractivity contribution in [2.24, 2.45) is 0 Å². The second-order valence-corrected chi connectivity index (χ2v) is 9.11. The topological polar surface area (TPSA) is 110 Å². The van der Waals surface area contributed by atoms with Gasteiger partial charge in [-0.15, -0.1) is 0 Å². The van der Waals surface area contributed by atoms with Gasteiger partial charge in [0, 0.05) is 36.9 Å². The van der Waals surface area contributed by atoms with E-state index in [4.69, 9.17) is 4.74 Å². The van der Waals surface area contributed by atoms with E-state index < -0.39 is 23.3 Å². The first-order valence-corrected chi connectivity index (χ1v) is 11.9. The van der Waals surface area contributed by atoms with E-state index in [-0.39, 0.29) is 23.0 Å². The Balaban J connectivity index is 1.53. The zero-order valence-corrected chi connectivity index (χ0v) is 21.7. The van der Waals surface area contributed by atoms with Crippen molar-refractivity contribution in [3.63, 3.8) is 0 Å². The Hall–Kier alpha value is -4.61. The predicted octanol–water partition coefficient (Wildman–Crippen LogP) is 5.10. The number of rotatable bonds is 6. The number of methoxy groups -OCH3 is 1. The van der Waals surface area contributed by atoms with Crippen LogP contribution in [0.3, 0.4) is 0 Å². The minimum absolute atomic E-state index is 0.0985. The lowest BCUT2D eigenvalue weighted by atomic mass is 9.85. The summed E-state index contributed by atoms with van der Waals surface area (Å²) in [7, 11) is 2.84. The number of halogens is 3. The summed E-state index contributed by atoms with van der Waals surface area (Å²) in [5.41, 5.74) is 0.754. The molecule has 12 heteroatoms. The van der Waals surface area contributed by atoms with Gasteiger partial charge in [0.25, 0.3) is 5.91 Å². The molecular formula is C27H27F3N6O3. The third-order valence-electron chi connectivity index (χ3n) is 6.52. The Bertz CT molecular complexity index is 1480. The minimum atomic E-state index is -4.57. The number of hydrogen-bond donors (Lipinski definition) is 3. The molecule has 0 radical (unpaired) electrons.